The Morgan fingerprint density at radius 3 is 2.43 bits per heavy atom. The van der Waals surface area contributed by atoms with Gasteiger partial charge in [0.05, 0.1) is 0 Å². The molecule has 82 valence electrons. The summed E-state index contributed by atoms with van der Waals surface area (Å²) in [5, 5.41) is 0.502. The van der Waals surface area contributed by atoms with Crippen LogP contribution < -0.4 is 0 Å². The second-order valence-corrected chi connectivity index (χ2v) is 5.99. The number of alkyl halides is 1. The zero-order valence-electron chi connectivity index (χ0n) is 9.34. The van der Waals surface area contributed by atoms with Crippen LogP contribution in [0.15, 0.2) is 0 Å². The van der Waals surface area contributed by atoms with Gasteiger partial charge in [-0.25, -0.2) is 0 Å². The molecular formula is C13H23Cl. The molecule has 2 rings (SSSR count). The summed E-state index contributed by atoms with van der Waals surface area (Å²) >= 11 is 6.20. The lowest BCUT2D eigenvalue weighted by Crippen LogP contribution is -2.21. The van der Waals surface area contributed by atoms with E-state index in [0.29, 0.717) is 5.38 Å². The van der Waals surface area contributed by atoms with Crippen molar-refractivity contribution in [3.63, 3.8) is 0 Å². The second-order valence-electron chi connectivity index (χ2n) is 5.37. The van der Waals surface area contributed by atoms with E-state index < -0.39 is 0 Å². The minimum atomic E-state index is 0.502. The minimum Gasteiger partial charge on any atom is -0.123 e. The topological polar surface area (TPSA) is 0 Å². The fourth-order valence-electron chi connectivity index (χ4n) is 3.52. The summed E-state index contributed by atoms with van der Waals surface area (Å²) in [4.78, 5) is 0. The lowest BCUT2D eigenvalue weighted by Gasteiger charge is -2.32. The van der Waals surface area contributed by atoms with Crippen molar-refractivity contribution in [2.24, 2.45) is 17.8 Å². The molecule has 2 saturated carbocycles. The van der Waals surface area contributed by atoms with E-state index in [0.717, 1.165) is 17.8 Å². The van der Waals surface area contributed by atoms with E-state index in [1.54, 1.807) is 0 Å². The molecule has 0 N–H and O–H groups in total. The van der Waals surface area contributed by atoms with Crippen LogP contribution in [0.2, 0.25) is 0 Å². The molecule has 4 unspecified atom stereocenters. The Balaban J connectivity index is 1.84. The predicted octanol–water partition coefficient (Wildman–Crippen LogP) is 4.61. The van der Waals surface area contributed by atoms with Crippen molar-refractivity contribution < 1.29 is 0 Å². The average molecular weight is 215 g/mol. The molecule has 0 aliphatic heterocycles. The van der Waals surface area contributed by atoms with Crippen LogP contribution in [0.5, 0.6) is 0 Å². The van der Waals surface area contributed by atoms with Gasteiger partial charge in [0.25, 0.3) is 0 Å². The first kappa shape index (κ1) is 10.8. The van der Waals surface area contributed by atoms with Crippen molar-refractivity contribution in [3.8, 4) is 0 Å². The molecule has 14 heavy (non-hydrogen) atoms. The third-order valence-electron chi connectivity index (χ3n) is 4.48. The van der Waals surface area contributed by atoms with Crippen molar-refractivity contribution >= 4 is 11.6 Å². The summed E-state index contributed by atoms with van der Waals surface area (Å²) in [5.74, 6) is 3.03. The highest BCUT2D eigenvalue weighted by atomic mass is 35.5. The van der Waals surface area contributed by atoms with Gasteiger partial charge in [-0.15, -0.1) is 11.6 Å². The monoisotopic (exact) mass is 214 g/mol. The number of hydrogen-bond donors (Lipinski definition) is 0. The van der Waals surface area contributed by atoms with Gasteiger partial charge in [-0.1, -0.05) is 32.6 Å². The summed E-state index contributed by atoms with van der Waals surface area (Å²) in [7, 11) is 0. The maximum atomic E-state index is 6.20. The zero-order valence-corrected chi connectivity index (χ0v) is 10.1. The van der Waals surface area contributed by atoms with Crippen LogP contribution in [0.25, 0.3) is 0 Å². The Morgan fingerprint density at radius 2 is 1.79 bits per heavy atom. The third kappa shape index (κ3) is 2.45. The molecule has 0 saturated heterocycles. The van der Waals surface area contributed by atoms with E-state index in [-0.39, 0.29) is 0 Å². The normalized spacial score (nSPS) is 44.1. The van der Waals surface area contributed by atoms with Crippen LogP contribution in [0.1, 0.15) is 58.3 Å². The van der Waals surface area contributed by atoms with Gasteiger partial charge in [-0.3, -0.25) is 0 Å². The molecule has 0 aromatic heterocycles. The first-order chi connectivity index (χ1) is 6.79. The Bertz CT molecular complexity index is 178. The summed E-state index contributed by atoms with van der Waals surface area (Å²) in [6.07, 6.45) is 11.4. The maximum Gasteiger partial charge on any atom is 0.0338 e. The molecule has 0 radical (unpaired) electrons. The van der Waals surface area contributed by atoms with E-state index in [1.807, 2.05) is 0 Å². The number of rotatable bonds is 2. The van der Waals surface area contributed by atoms with Crippen molar-refractivity contribution in [2.75, 3.05) is 0 Å². The van der Waals surface area contributed by atoms with E-state index in [4.69, 9.17) is 11.6 Å². The van der Waals surface area contributed by atoms with Crippen molar-refractivity contribution in [1.82, 2.24) is 0 Å². The van der Waals surface area contributed by atoms with E-state index in [1.165, 1.54) is 51.4 Å². The van der Waals surface area contributed by atoms with Crippen LogP contribution in [0.3, 0.4) is 0 Å². The quantitative estimate of drug-likeness (QED) is 0.589. The maximum absolute atomic E-state index is 6.20. The molecular weight excluding hydrogens is 192 g/mol. The Hall–Kier alpha value is 0.290. The fraction of sp³-hybridized carbons (Fsp3) is 1.00. The molecule has 1 heteroatoms. The highest BCUT2D eigenvalue weighted by Gasteiger charge is 2.32. The largest absolute Gasteiger partial charge is 0.123 e. The standard InChI is InChI=1S/C13H23Cl/c1-2-10-4-3-5-11(8-10)12-6-7-13(14)9-12/h10-13H,2-9H2,1H3. The fourth-order valence-corrected chi connectivity index (χ4v) is 3.87. The van der Waals surface area contributed by atoms with Gasteiger partial charge in [0.2, 0.25) is 0 Å². The first-order valence-corrected chi connectivity index (χ1v) is 6.87. The summed E-state index contributed by atoms with van der Waals surface area (Å²) in [6, 6.07) is 0. The Morgan fingerprint density at radius 1 is 1.00 bits per heavy atom. The molecule has 0 aromatic carbocycles. The SMILES string of the molecule is CCC1CCCC(C2CCC(Cl)C2)C1. The van der Waals surface area contributed by atoms with Gasteiger partial charge in [-0.05, 0) is 43.4 Å². The molecule has 0 amide bonds. The molecule has 0 nitrogen and oxygen atoms in total. The van der Waals surface area contributed by atoms with Crippen LogP contribution >= 0.6 is 11.6 Å². The molecule has 2 fully saturated rings. The second kappa shape index (κ2) is 4.88. The Kier molecular flexibility index (Phi) is 3.76. The van der Waals surface area contributed by atoms with E-state index in [9.17, 15) is 0 Å². The van der Waals surface area contributed by atoms with Gasteiger partial charge >= 0.3 is 0 Å². The summed E-state index contributed by atoms with van der Waals surface area (Å²) in [6.45, 7) is 2.35. The Labute approximate surface area is 93.4 Å². The van der Waals surface area contributed by atoms with Gasteiger partial charge in [0.15, 0.2) is 0 Å². The number of hydrogen-bond acceptors (Lipinski definition) is 0. The van der Waals surface area contributed by atoms with Crippen LogP contribution in [0, 0.1) is 17.8 Å². The van der Waals surface area contributed by atoms with E-state index in [2.05, 4.69) is 6.92 Å². The van der Waals surface area contributed by atoms with Crippen LogP contribution in [0.4, 0.5) is 0 Å². The van der Waals surface area contributed by atoms with Crippen molar-refractivity contribution in [2.45, 2.75) is 63.7 Å². The molecule has 0 bridgehead atoms. The highest BCUT2D eigenvalue weighted by molar-refractivity contribution is 6.20. The van der Waals surface area contributed by atoms with Crippen LogP contribution in [-0.2, 0) is 0 Å². The molecule has 2 aliphatic carbocycles. The van der Waals surface area contributed by atoms with Crippen molar-refractivity contribution in [1.29, 1.82) is 0 Å². The minimum absolute atomic E-state index is 0.502. The average Bonchev–Trinajstić information content (AvgIpc) is 2.65. The van der Waals surface area contributed by atoms with Gasteiger partial charge < -0.3 is 0 Å². The highest BCUT2D eigenvalue weighted by Crippen LogP contribution is 2.43. The van der Waals surface area contributed by atoms with Crippen LogP contribution in [-0.4, -0.2) is 5.38 Å². The summed E-state index contributed by atoms with van der Waals surface area (Å²) in [5.41, 5.74) is 0. The number of halogens is 1. The van der Waals surface area contributed by atoms with Gasteiger partial charge in [0.1, 0.15) is 0 Å². The lowest BCUT2D eigenvalue weighted by molar-refractivity contribution is 0.193. The van der Waals surface area contributed by atoms with Gasteiger partial charge in [0, 0.05) is 5.38 Å². The first-order valence-electron chi connectivity index (χ1n) is 6.43. The molecule has 4 atom stereocenters. The summed E-state index contributed by atoms with van der Waals surface area (Å²) < 4.78 is 0. The predicted molar refractivity (Wildman–Crippen MR) is 62.7 cm³/mol. The zero-order chi connectivity index (χ0) is 9.97. The lowest BCUT2D eigenvalue weighted by atomic mass is 9.74. The molecule has 0 spiro atoms. The smallest absolute Gasteiger partial charge is 0.0338 e. The van der Waals surface area contributed by atoms with Gasteiger partial charge in [-0.2, -0.15) is 0 Å². The molecule has 2 aliphatic rings. The molecule has 0 heterocycles. The van der Waals surface area contributed by atoms with E-state index >= 15 is 0 Å². The third-order valence-corrected chi connectivity index (χ3v) is 4.87. The van der Waals surface area contributed by atoms with Crippen molar-refractivity contribution in [3.05, 3.63) is 0 Å². The molecule has 0 aromatic rings.